The van der Waals surface area contributed by atoms with E-state index in [2.05, 4.69) is 23.4 Å². The van der Waals surface area contributed by atoms with Crippen LogP contribution in [0.1, 0.15) is 33.9 Å². The smallest absolute Gasteiger partial charge is 0.272 e. The highest BCUT2D eigenvalue weighted by Crippen LogP contribution is 2.33. The summed E-state index contributed by atoms with van der Waals surface area (Å²) in [6, 6.07) is 7.73. The first-order chi connectivity index (χ1) is 8.77. The molecule has 0 saturated heterocycles. The van der Waals surface area contributed by atoms with E-state index in [0.717, 1.165) is 13.0 Å². The van der Waals surface area contributed by atoms with E-state index >= 15 is 0 Å². The molecule has 92 valence electrons. The van der Waals surface area contributed by atoms with Gasteiger partial charge in [0.05, 0.1) is 6.04 Å². The molecule has 4 heteroatoms. The Hall–Kier alpha value is -1.68. The van der Waals surface area contributed by atoms with Gasteiger partial charge in [-0.2, -0.15) is 0 Å². The molecular formula is C14H14N2OS. The summed E-state index contributed by atoms with van der Waals surface area (Å²) in [5.74, 6) is 0.0277. The highest BCUT2D eigenvalue weighted by atomic mass is 32.1. The van der Waals surface area contributed by atoms with Gasteiger partial charge in [0.25, 0.3) is 5.91 Å². The summed E-state index contributed by atoms with van der Waals surface area (Å²) < 4.78 is 0. The van der Waals surface area contributed by atoms with Crippen LogP contribution in [0.5, 0.6) is 0 Å². The fourth-order valence-electron chi connectivity index (χ4n) is 2.42. The lowest BCUT2D eigenvalue weighted by molar-refractivity contribution is 0.0673. The highest BCUT2D eigenvalue weighted by Gasteiger charge is 2.29. The van der Waals surface area contributed by atoms with Crippen molar-refractivity contribution < 1.29 is 4.79 Å². The Bertz CT molecular complexity index is 564. The summed E-state index contributed by atoms with van der Waals surface area (Å²) in [5.41, 5.74) is 1.82. The number of amides is 1. The molecular weight excluding hydrogens is 244 g/mol. The number of aromatic nitrogens is 1. The van der Waals surface area contributed by atoms with Crippen molar-refractivity contribution in [3.8, 4) is 0 Å². The third-order valence-corrected chi connectivity index (χ3v) is 4.42. The van der Waals surface area contributed by atoms with Crippen LogP contribution in [0.3, 0.4) is 0 Å². The predicted molar refractivity (Wildman–Crippen MR) is 71.7 cm³/mol. The molecule has 0 unspecified atom stereocenters. The van der Waals surface area contributed by atoms with E-state index in [1.54, 1.807) is 23.6 Å². The number of carbonyl (C=O) groups excluding carboxylic acids is 1. The minimum absolute atomic E-state index is 0.0277. The van der Waals surface area contributed by atoms with E-state index in [0.29, 0.717) is 5.69 Å². The van der Waals surface area contributed by atoms with Crippen molar-refractivity contribution in [3.63, 3.8) is 0 Å². The summed E-state index contributed by atoms with van der Waals surface area (Å²) in [6.07, 6.45) is 2.62. The first-order valence-corrected chi connectivity index (χ1v) is 6.93. The van der Waals surface area contributed by atoms with Crippen molar-refractivity contribution in [1.82, 2.24) is 9.88 Å². The van der Waals surface area contributed by atoms with Crippen LogP contribution in [-0.4, -0.2) is 22.3 Å². The highest BCUT2D eigenvalue weighted by molar-refractivity contribution is 7.10. The fourth-order valence-corrected chi connectivity index (χ4v) is 3.39. The maximum atomic E-state index is 12.4. The third-order valence-electron chi connectivity index (χ3n) is 3.42. The maximum absolute atomic E-state index is 12.4. The molecule has 0 spiro atoms. The zero-order chi connectivity index (χ0) is 12.5. The number of rotatable bonds is 1. The van der Waals surface area contributed by atoms with Crippen LogP contribution in [0.25, 0.3) is 0 Å². The summed E-state index contributed by atoms with van der Waals surface area (Å²) in [5, 5.41) is 2.11. The van der Waals surface area contributed by atoms with Crippen molar-refractivity contribution in [2.75, 3.05) is 6.54 Å². The lowest BCUT2D eigenvalue weighted by atomic mass is 10.0. The molecule has 18 heavy (non-hydrogen) atoms. The monoisotopic (exact) mass is 258 g/mol. The second-order valence-corrected chi connectivity index (χ2v) is 5.44. The SMILES string of the molecule is C[C@@H]1c2ccsc2CCN1C(=O)c1ccccn1. The summed E-state index contributed by atoms with van der Waals surface area (Å²) in [7, 11) is 0. The van der Waals surface area contributed by atoms with E-state index in [1.165, 1.54) is 10.4 Å². The average molecular weight is 258 g/mol. The number of pyridine rings is 1. The number of thiophene rings is 1. The average Bonchev–Trinajstić information content (AvgIpc) is 2.89. The van der Waals surface area contributed by atoms with Crippen molar-refractivity contribution >= 4 is 17.2 Å². The Labute approximate surface area is 110 Å². The molecule has 3 nitrogen and oxygen atoms in total. The van der Waals surface area contributed by atoms with Gasteiger partial charge in [-0.3, -0.25) is 9.78 Å². The van der Waals surface area contributed by atoms with Crippen molar-refractivity contribution in [2.45, 2.75) is 19.4 Å². The molecule has 0 aromatic carbocycles. The van der Waals surface area contributed by atoms with Gasteiger partial charge in [0.15, 0.2) is 0 Å². The van der Waals surface area contributed by atoms with Crippen molar-refractivity contribution in [2.24, 2.45) is 0 Å². The number of carbonyl (C=O) groups is 1. The minimum atomic E-state index is 0.0277. The zero-order valence-corrected chi connectivity index (χ0v) is 11.0. The summed E-state index contributed by atoms with van der Waals surface area (Å²) >= 11 is 1.79. The molecule has 1 amide bonds. The van der Waals surface area contributed by atoms with Crippen LogP contribution in [0.2, 0.25) is 0 Å². The zero-order valence-electron chi connectivity index (χ0n) is 10.2. The lowest BCUT2D eigenvalue weighted by Gasteiger charge is -2.33. The molecule has 0 saturated carbocycles. The first kappa shape index (κ1) is 11.4. The van der Waals surface area contributed by atoms with Gasteiger partial charge < -0.3 is 4.90 Å². The molecule has 0 aliphatic carbocycles. The van der Waals surface area contributed by atoms with E-state index in [4.69, 9.17) is 0 Å². The second kappa shape index (κ2) is 4.53. The van der Waals surface area contributed by atoms with E-state index in [1.807, 2.05) is 17.0 Å². The second-order valence-electron chi connectivity index (χ2n) is 4.44. The predicted octanol–water partition coefficient (Wildman–Crippen LogP) is 2.90. The van der Waals surface area contributed by atoms with Crippen LogP contribution in [0.15, 0.2) is 35.8 Å². The molecule has 3 rings (SSSR count). The molecule has 0 bridgehead atoms. The molecule has 1 atom stereocenters. The Morgan fingerprint density at radius 3 is 3.11 bits per heavy atom. The van der Waals surface area contributed by atoms with Crippen LogP contribution in [0, 0.1) is 0 Å². The maximum Gasteiger partial charge on any atom is 0.272 e. The van der Waals surface area contributed by atoms with Gasteiger partial charge in [-0.15, -0.1) is 11.3 Å². The molecule has 2 aromatic heterocycles. The van der Waals surface area contributed by atoms with Crippen molar-refractivity contribution in [3.05, 3.63) is 52.0 Å². The quantitative estimate of drug-likeness (QED) is 0.788. The number of fused-ring (bicyclic) bond motifs is 1. The van der Waals surface area contributed by atoms with Crippen molar-refractivity contribution in [1.29, 1.82) is 0 Å². The molecule has 0 radical (unpaired) electrons. The Kier molecular flexibility index (Phi) is 2.88. The molecule has 1 aliphatic rings. The molecule has 3 heterocycles. The minimum Gasteiger partial charge on any atom is -0.330 e. The van der Waals surface area contributed by atoms with Gasteiger partial charge in [-0.05, 0) is 42.5 Å². The topological polar surface area (TPSA) is 33.2 Å². The van der Waals surface area contributed by atoms with Gasteiger partial charge in [0, 0.05) is 17.6 Å². The van der Waals surface area contributed by atoms with E-state index in [9.17, 15) is 4.79 Å². The lowest BCUT2D eigenvalue weighted by Crippen LogP contribution is -2.38. The summed E-state index contributed by atoms with van der Waals surface area (Å²) in [6.45, 7) is 2.87. The van der Waals surface area contributed by atoms with Gasteiger partial charge in [-0.25, -0.2) is 0 Å². The Morgan fingerprint density at radius 2 is 2.33 bits per heavy atom. The molecule has 0 fully saturated rings. The van der Waals surface area contributed by atoms with Gasteiger partial charge in [0.1, 0.15) is 5.69 Å². The summed E-state index contributed by atoms with van der Waals surface area (Å²) in [4.78, 5) is 19.9. The van der Waals surface area contributed by atoms with E-state index in [-0.39, 0.29) is 11.9 Å². The number of nitrogens with zero attached hydrogens (tertiary/aromatic N) is 2. The normalized spacial score (nSPS) is 18.5. The first-order valence-electron chi connectivity index (χ1n) is 6.05. The Morgan fingerprint density at radius 1 is 1.44 bits per heavy atom. The van der Waals surface area contributed by atoms with Crippen LogP contribution in [-0.2, 0) is 6.42 Å². The molecule has 2 aromatic rings. The molecule has 1 aliphatic heterocycles. The van der Waals surface area contributed by atoms with E-state index < -0.39 is 0 Å². The Balaban J connectivity index is 1.89. The standard InChI is InChI=1S/C14H14N2OS/c1-10-11-6-9-18-13(11)5-8-16(10)14(17)12-4-2-3-7-15-12/h2-4,6-7,9-10H,5,8H2,1H3/t10-/m1/s1. The van der Waals surface area contributed by atoms with Crippen LogP contribution < -0.4 is 0 Å². The van der Waals surface area contributed by atoms with Gasteiger partial charge in [0.2, 0.25) is 0 Å². The van der Waals surface area contributed by atoms with Crippen LogP contribution in [0.4, 0.5) is 0 Å². The molecule has 0 N–H and O–H groups in total. The number of hydrogen-bond acceptors (Lipinski definition) is 3. The van der Waals surface area contributed by atoms with Crippen LogP contribution >= 0.6 is 11.3 Å². The number of hydrogen-bond donors (Lipinski definition) is 0. The van der Waals surface area contributed by atoms with Gasteiger partial charge >= 0.3 is 0 Å². The third kappa shape index (κ3) is 1.82. The van der Waals surface area contributed by atoms with Gasteiger partial charge in [-0.1, -0.05) is 6.07 Å². The largest absolute Gasteiger partial charge is 0.330 e. The fraction of sp³-hybridized carbons (Fsp3) is 0.286.